The van der Waals surface area contributed by atoms with Crippen LogP contribution in [0.4, 0.5) is 10.5 Å². The van der Waals surface area contributed by atoms with E-state index in [-0.39, 0.29) is 23.2 Å². The summed E-state index contributed by atoms with van der Waals surface area (Å²) >= 11 is 0. The molecule has 1 fully saturated rings. The van der Waals surface area contributed by atoms with Crippen molar-refractivity contribution >= 4 is 11.7 Å². The van der Waals surface area contributed by atoms with Crippen LogP contribution in [0.3, 0.4) is 0 Å². The molecule has 2 amide bonds. The van der Waals surface area contributed by atoms with Crippen LogP contribution in [0.15, 0.2) is 24.3 Å². The lowest BCUT2D eigenvalue weighted by atomic mass is 9.80. The van der Waals surface area contributed by atoms with Gasteiger partial charge in [0.05, 0.1) is 11.1 Å². The molecule has 4 heteroatoms. The van der Waals surface area contributed by atoms with E-state index in [0.717, 1.165) is 24.1 Å². The van der Waals surface area contributed by atoms with E-state index >= 15 is 0 Å². The van der Waals surface area contributed by atoms with Gasteiger partial charge in [-0.2, -0.15) is 0 Å². The largest absolute Gasteiger partial charge is 0.337 e. The molecular formula is C17H28N3O+. The van der Waals surface area contributed by atoms with E-state index < -0.39 is 0 Å². The molecule has 0 aliphatic carbocycles. The fourth-order valence-electron chi connectivity index (χ4n) is 3.70. The van der Waals surface area contributed by atoms with Gasteiger partial charge >= 0.3 is 6.03 Å². The van der Waals surface area contributed by atoms with E-state index in [1.54, 1.807) is 0 Å². The third-order valence-corrected chi connectivity index (χ3v) is 3.94. The second-order valence-electron chi connectivity index (χ2n) is 7.69. The predicted molar refractivity (Wildman–Crippen MR) is 86.4 cm³/mol. The van der Waals surface area contributed by atoms with Crippen molar-refractivity contribution in [3.8, 4) is 0 Å². The Labute approximate surface area is 127 Å². The number of nitrogens with two attached hydrogens (primary N) is 1. The molecule has 1 aliphatic rings. The van der Waals surface area contributed by atoms with Crippen LogP contribution in [0.1, 0.15) is 46.1 Å². The Morgan fingerprint density at radius 2 is 1.81 bits per heavy atom. The van der Waals surface area contributed by atoms with Gasteiger partial charge in [0.25, 0.3) is 0 Å². The summed E-state index contributed by atoms with van der Waals surface area (Å²) in [6.07, 6.45) is 1.97. The van der Waals surface area contributed by atoms with Crippen LogP contribution >= 0.6 is 0 Å². The molecule has 1 aromatic rings. The molecular weight excluding hydrogens is 262 g/mol. The number of anilines is 1. The summed E-state index contributed by atoms with van der Waals surface area (Å²) in [5.74, 6) is 0. The minimum atomic E-state index is -0.112. The van der Waals surface area contributed by atoms with Crippen molar-refractivity contribution in [2.24, 2.45) is 0 Å². The van der Waals surface area contributed by atoms with Gasteiger partial charge in [-0.05, 0) is 52.3 Å². The molecule has 4 nitrogen and oxygen atoms in total. The lowest BCUT2D eigenvalue weighted by molar-refractivity contribution is -0.787. The fraction of sp³-hybridized carbons (Fsp3) is 0.588. The number of piperidine rings is 1. The van der Waals surface area contributed by atoms with E-state index in [1.165, 1.54) is 0 Å². The van der Waals surface area contributed by atoms with Gasteiger partial charge in [-0.3, -0.25) is 0 Å². The van der Waals surface area contributed by atoms with Gasteiger partial charge in [0.15, 0.2) is 0 Å². The number of carbonyl (C=O) groups excluding carboxylic acids is 1. The molecule has 0 atom stereocenters. The van der Waals surface area contributed by atoms with Crippen LogP contribution in [0.25, 0.3) is 0 Å². The van der Waals surface area contributed by atoms with Crippen molar-refractivity contribution in [1.29, 1.82) is 0 Å². The van der Waals surface area contributed by atoms with Crippen LogP contribution in [0.5, 0.6) is 0 Å². The Kier molecular flexibility index (Phi) is 4.28. The smallest absolute Gasteiger partial charge is 0.319 e. The third-order valence-electron chi connectivity index (χ3n) is 3.94. The van der Waals surface area contributed by atoms with Crippen molar-refractivity contribution in [2.75, 3.05) is 5.32 Å². The van der Waals surface area contributed by atoms with Crippen molar-refractivity contribution in [1.82, 2.24) is 5.32 Å². The van der Waals surface area contributed by atoms with Crippen LogP contribution in [0, 0.1) is 6.92 Å². The van der Waals surface area contributed by atoms with Gasteiger partial charge < -0.3 is 16.0 Å². The summed E-state index contributed by atoms with van der Waals surface area (Å²) in [7, 11) is 0. The number of quaternary nitrogens is 1. The predicted octanol–water partition coefficient (Wildman–Crippen LogP) is 2.40. The zero-order valence-corrected chi connectivity index (χ0v) is 13.8. The normalized spacial score (nSPS) is 20.8. The van der Waals surface area contributed by atoms with Crippen molar-refractivity contribution in [2.45, 2.75) is 64.6 Å². The minimum Gasteiger partial charge on any atom is -0.337 e. The number of rotatable bonds is 2. The van der Waals surface area contributed by atoms with Crippen LogP contribution in [0.2, 0.25) is 0 Å². The maximum absolute atomic E-state index is 12.2. The molecule has 0 aromatic heterocycles. The van der Waals surface area contributed by atoms with E-state index in [9.17, 15) is 4.79 Å². The average molecular weight is 290 g/mol. The number of hydrogen-bond donors (Lipinski definition) is 3. The average Bonchev–Trinajstić information content (AvgIpc) is 2.23. The lowest BCUT2D eigenvalue weighted by Gasteiger charge is -2.43. The van der Waals surface area contributed by atoms with Crippen molar-refractivity contribution < 1.29 is 10.1 Å². The highest BCUT2D eigenvalue weighted by atomic mass is 16.2. The molecule has 0 radical (unpaired) electrons. The van der Waals surface area contributed by atoms with Gasteiger partial charge in [0.2, 0.25) is 0 Å². The second kappa shape index (κ2) is 5.68. The Bertz CT molecular complexity index is 507. The number of carbonyl (C=O) groups is 1. The summed E-state index contributed by atoms with van der Waals surface area (Å²) in [4.78, 5) is 12.2. The first kappa shape index (κ1) is 15.8. The highest BCUT2D eigenvalue weighted by molar-refractivity contribution is 5.89. The monoisotopic (exact) mass is 290 g/mol. The van der Waals surface area contributed by atoms with Gasteiger partial charge in [0, 0.05) is 24.6 Å². The topological polar surface area (TPSA) is 57.7 Å². The Balaban J connectivity index is 1.96. The van der Waals surface area contributed by atoms with Crippen LogP contribution in [-0.4, -0.2) is 23.2 Å². The summed E-state index contributed by atoms with van der Waals surface area (Å²) in [5, 5.41) is 8.47. The van der Waals surface area contributed by atoms with Crippen LogP contribution in [-0.2, 0) is 0 Å². The molecule has 1 aliphatic heterocycles. The van der Waals surface area contributed by atoms with Crippen LogP contribution < -0.4 is 16.0 Å². The number of benzene rings is 1. The number of nitrogens with one attached hydrogen (secondary N) is 2. The van der Waals surface area contributed by atoms with Gasteiger partial charge in [-0.1, -0.05) is 12.1 Å². The van der Waals surface area contributed by atoms with E-state index in [0.29, 0.717) is 0 Å². The van der Waals surface area contributed by atoms with E-state index in [1.807, 2.05) is 31.2 Å². The standard InChI is InChI=1S/C17H27N3O/c1-12-7-6-8-13(9-12)18-15(21)19-14-10-16(2,3)20-17(4,5)11-14/h6-9,14,20H,10-11H2,1-5H3,(H2,18,19,21)/p+1. The Morgan fingerprint density at radius 3 is 2.38 bits per heavy atom. The number of amides is 2. The first-order valence-electron chi connectivity index (χ1n) is 7.67. The molecule has 1 saturated heterocycles. The summed E-state index contributed by atoms with van der Waals surface area (Å²) in [6.45, 7) is 11.0. The summed E-state index contributed by atoms with van der Waals surface area (Å²) < 4.78 is 0. The highest BCUT2D eigenvalue weighted by Crippen LogP contribution is 2.21. The molecule has 0 saturated carbocycles. The SMILES string of the molecule is Cc1cccc(NC(=O)NC2CC(C)(C)[NH2+]C(C)(C)C2)c1. The number of aryl methyl sites for hydroxylation is 1. The third kappa shape index (κ3) is 4.74. The molecule has 4 N–H and O–H groups in total. The highest BCUT2D eigenvalue weighted by Gasteiger charge is 2.42. The summed E-state index contributed by atoms with van der Waals surface area (Å²) in [6, 6.07) is 7.96. The molecule has 1 heterocycles. The minimum absolute atomic E-state index is 0.112. The fourth-order valence-corrected chi connectivity index (χ4v) is 3.70. The maximum atomic E-state index is 12.2. The number of urea groups is 1. The number of hydrogen-bond acceptors (Lipinski definition) is 1. The van der Waals surface area contributed by atoms with Gasteiger partial charge in [-0.25, -0.2) is 4.79 Å². The first-order chi connectivity index (χ1) is 9.65. The Hall–Kier alpha value is -1.55. The van der Waals surface area contributed by atoms with E-state index in [2.05, 4.69) is 43.6 Å². The zero-order chi connectivity index (χ0) is 15.7. The molecule has 0 spiro atoms. The molecule has 21 heavy (non-hydrogen) atoms. The molecule has 116 valence electrons. The zero-order valence-electron chi connectivity index (χ0n) is 13.8. The quantitative estimate of drug-likeness (QED) is 0.769. The first-order valence-corrected chi connectivity index (χ1v) is 7.67. The second-order valence-corrected chi connectivity index (χ2v) is 7.69. The maximum Gasteiger partial charge on any atom is 0.319 e. The molecule has 0 unspecified atom stereocenters. The summed E-state index contributed by atoms with van der Waals surface area (Å²) in [5.41, 5.74) is 2.29. The molecule has 2 rings (SSSR count). The van der Waals surface area contributed by atoms with E-state index in [4.69, 9.17) is 0 Å². The van der Waals surface area contributed by atoms with Crippen molar-refractivity contribution in [3.05, 3.63) is 29.8 Å². The van der Waals surface area contributed by atoms with Crippen molar-refractivity contribution in [3.63, 3.8) is 0 Å². The van der Waals surface area contributed by atoms with Gasteiger partial charge in [-0.15, -0.1) is 0 Å². The molecule has 0 bridgehead atoms. The van der Waals surface area contributed by atoms with Gasteiger partial charge in [0.1, 0.15) is 0 Å². The molecule has 1 aromatic carbocycles. The Morgan fingerprint density at radius 1 is 1.19 bits per heavy atom. The lowest BCUT2D eigenvalue weighted by Crippen LogP contribution is -3.06.